The molecule has 0 radical (unpaired) electrons. The fraction of sp³-hybridized carbons (Fsp3) is 0.462. The van der Waals surface area contributed by atoms with Gasteiger partial charge in [-0.3, -0.25) is 14.9 Å². The molecule has 0 saturated carbocycles. The first-order chi connectivity index (χ1) is 9.95. The summed E-state index contributed by atoms with van der Waals surface area (Å²) in [5.41, 5.74) is 0.632. The molecule has 8 heteroatoms. The number of ether oxygens (including phenoxy) is 1. The van der Waals surface area contributed by atoms with Crippen LogP contribution < -0.4 is 10.6 Å². The van der Waals surface area contributed by atoms with Gasteiger partial charge >= 0.3 is 0 Å². The van der Waals surface area contributed by atoms with Crippen LogP contribution in [0.1, 0.15) is 12.5 Å². The van der Waals surface area contributed by atoms with Crippen LogP contribution in [-0.4, -0.2) is 37.1 Å². The van der Waals surface area contributed by atoms with E-state index >= 15 is 0 Å². The highest BCUT2D eigenvalue weighted by Crippen LogP contribution is 2.22. The molecule has 1 aromatic rings. The van der Waals surface area contributed by atoms with E-state index in [1.54, 1.807) is 20.1 Å². The lowest BCUT2D eigenvalue weighted by Gasteiger charge is -2.14. The van der Waals surface area contributed by atoms with Gasteiger partial charge in [0.05, 0.1) is 22.6 Å². The molecular weight excluding hydrogens is 298 g/mol. The summed E-state index contributed by atoms with van der Waals surface area (Å²) in [6, 6.07) is 3.84. The molecule has 0 spiro atoms. The predicted molar refractivity (Wildman–Crippen MR) is 79.3 cm³/mol. The summed E-state index contributed by atoms with van der Waals surface area (Å²) in [7, 11) is 1.56. The van der Waals surface area contributed by atoms with Crippen LogP contribution in [0.5, 0.6) is 0 Å². The molecule has 1 unspecified atom stereocenters. The monoisotopic (exact) mass is 315 g/mol. The third kappa shape index (κ3) is 5.66. The van der Waals surface area contributed by atoms with Crippen LogP contribution in [0.2, 0.25) is 5.02 Å². The van der Waals surface area contributed by atoms with Crippen LogP contribution in [0.3, 0.4) is 0 Å². The first kappa shape index (κ1) is 17.4. The van der Waals surface area contributed by atoms with Crippen LogP contribution in [-0.2, 0) is 16.1 Å². The fourth-order valence-electron chi connectivity index (χ4n) is 1.58. The van der Waals surface area contributed by atoms with Gasteiger partial charge in [-0.1, -0.05) is 11.6 Å². The molecule has 0 aliphatic carbocycles. The number of hydrogen-bond donors (Lipinski definition) is 2. The van der Waals surface area contributed by atoms with Crippen LogP contribution in [0.15, 0.2) is 18.2 Å². The lowest BCUT2D eigenvalue weighted by Crippen LogP contribution is -2.42. The molecule has 0 aliphatic rings. The summed E-state index contributed by atoms with van der Waals surface area (Å²) in [6.45, 7) is 2.96. The number of carbonyl (C=O) groups is 1. The highest BCUT2D eigenvalue weighted by atomic mass is 35.5. The normalized spacial score (nSPS) is 12.0. The number of nitro benzene ring substituents is 1. The third-order valence-electron chi connectivity index (χ3n) is 2.84. The molecule has 0 fully saturated rings. The van der Waals surface area contributed by atoms with Crippen molar-refractivity contribution in [2.75, 3.05) is 20.3 Å². The maximum Gasteiger partial charge on any atom is 0.270 e. The molecule has 0 heterocycles. The summed E-state index contributed by atoms with van der Waals surface area (Å²) < 4.78 is 4.84. The molecule has 1 rings (SSSR count). The van der Waals surface area contributed by atoms with E-state index in [1.807, 2.05) is 0 Å². The highest BCUT2D eigenvalue weighted by Gasteiger charge is 2.13. The molecule has 0 aliphatic heterocycles. The third-order valence-corrected chi connectivity index (χ3v) is 3.20. The number of rotatable bonds is 8. The van der Waals surface area contributed by atoms with Crippen molar-refractivity contribution in [2.24, 2.45) is 0 Å². The molecule has 21 heavy (non-hydrogen) atoms. The van der Waals surface area contributed by atoms with E-state index < -0.39 is 11.0 Å². The van der Waals surface area contributed by atoms with Crippen molar-refractivity contribution in [3.63, 3.8) is 0 Å². The number of nitrogens with zero attached hydrogens (tertiary/aromatic N) is 1. The Kier molecular flexibility index (Phi) is 7.07. The van der Waals surface area contributed by atoms with Gasteiger partial charge in [0.1, 0.15) is 0 Å². The number of halogens is 1. The van der Waals surface area contributed by atoms with Gasteiger partial charge in [0, 0.05) is 32.3 Å². The fourth-order valence-corrected chi connectivity index (χ4v) is 1.82. The molecule has 0 bridgehead atoms. The van der Waals surface area contributed by atoms with E-state index in [2.05, 4.69) is 10.6 Å². The van der Waals surface area contributed by atoms with E-state index in [1.165, 1.54) is 12.1 Å². The van der Waals surface area contributed by atoms with Crippen LogP contribution in [0.25, 0.3) is 0 Å². The van der Waals surface area contributed by atoms with E-state index in [0.717, 1.165) is 0 Å². The average Bonchev–Trinajstić information content (AvgIpc) is 2.45. The zero-order valence-corrected chi connectivity index (χ0v) is 12.6. The summed E-state index contributed by atoms with van der Waals surface area (Å²) in [5.74, 6) is -0.148. The number of non-ortho nitro benzene ring substituents is 1. The lowest BCUT2D eigenvalue weighted by molar-refractivity contribution is -0.384. The minimum absolute atomic E-state index is 0.0610. The zero-order valence-electron chi connectivity index (χ0n) is 11.9. The standard InChI is InChI=1S/C13H18ClN3O4/c1-9(13(18)15-5-6-21-2)16-8-10-3-4-11(17(19)20)7-12(10)14/h3-4,7,9,16H,5-6,8H2,1-2H3,(H,15,18). The Morgan fingerprint density at radius 1 is 1.52 bits per heavy atom. The second kappa shape index (κ2) is 8.56. The largest absolute Gasteiger partial charge is 0.383 e. The first-order valence-electron chi connectivity index (χ1n) is 6.38. The van der Waals surface area contributed by atoms with Crippen LogP contribution in [0.4, 0.5) is 5.69 Å². The molecule has 1 amide bonds. The molecule has 1 atom stereocenters. The predicted octanol–water partition coefficient (Wildman–Crippen LogP) is 1.49. The Labute approximate surface area is 127 Å². The Morgan fingerprint density at radius 3 is 2.81 bits per heavy atom. The van der Waals surface area contributed by atoms with E-state index in [-0.39, 0.29) is 11.6 Å². The van der Waals surface area contributed by atoms with Crippen molar-refractivity contribution in [1.82, 2.24) is 10.6 Å². The SMILES string of the molecule is COCCNC(=O)C(C)NCc1ccc([N+](=O)[O-])cc1Cl. The quantitative estimate of drug-likeness (QED) is 0.430. The number of methoxy groups -OCH3 is 1. The summed E-state index contributed by atoms with van der Waals surface area (Å²) >= 11 is 5.98. The first-order valence-corrected chi connectivity index (χ1v) is 6.76. The van der Waals surface area contributed by atoms with Crippen LogP contribution in [0, 0.1) is 10.1 Å². The number of nitrogens with one attached hydrogen (secondary N) is 2. The summed E-state index contributed by atoms with van der Waals surface area (Å²) in [5, 5.41) is 16.6. The minimum Gasteiger partial charge on any atom is -0.383 e. The van der Waals surface area contributed by atoms with Crippen molar-refractivity contribution >= 4 is 23.2 Å². The van der Waals surface area contributed by atoms with E-state index in [4.69, 9.17) is 16.3 Å². The Bertz CT molecular complexity index is 510. The van der Waals surface area contributed by atoms with Crippen LogP contribution >= 0.6 is 11.6 Å². The van der Waals surface area contributed by atoms with Gasteiger partial charge in [0.15, 0.2) is 0 Å². The van der Waals surface area contributed by atoms with Gasteiger partial charge in [-0.15, -0.1) is 0 Å². The Balaban J connectivity index is 2.51. The number of nitro groups is 1. The number of hydrogen-bond acceptors (Lipinski definition) is 5. The highest BCUT2D eigenvalue weighted by molar-refractivity contribution is 6.31. The maximum absolute atomic E-state index is 11.7. The van der Waals surface area contributed by atoms with Gasteiger partial charge in [-0.05, 0) is 18.6 Å². The van der Waals surface area contributed by atoms with Crippen molar-refractivity contribution in [2.45, 2.75) is 19.5 Å². The molecule has 0 saturated heterocycles. The molecule has 0 aromatic heterocycles. The molecule has 1 aromatic carbocycles. The zero-order chi connectivity index (χ0) is 15.8. The molecular formula is C13H18ClN3O4. The number of benzene rings is 1. The Morgan fingerprint density at radius 2 is 2.24 bits per heavy atom. The van der Waals surface area contributed by atoms with Gasteiger partial charge in [0.25, 0.3) is 5.69 Å². The number of amides is 1. The summed E-state index contributed by atoms with van der Waals surface area (Å²) in [6.07, 6.45) is 0. The molecule has 116 valence electrons. The van der Waals surface area contributed by atoms with Crippen molar-refractivity contribution in [1.29, 1.82) is 0 Å². The minimum atomic E-state index is -0.505. The second-order valence-electron chi connectivity index (χ2n) is 4.42. The smallest absolute Gasteiger partial charge is 0.270 e. The topological polar surface area (TPSA) is 93.5 Å². The van der Waals surface area contributed by atoms with E-state index in [9.17, 15) is 14.9 Å². The molecule has 2 N–H and O–H groups in total. The van der Waals surface area contributed by atoms with Crippen molar-refractivity contribution < 1.29 is 14.5 Å². The van der Waals surface area contributed by atoms with E-state index in [0.29, 0.717) is 30.3 Å². The van der Waals surface area contributed by atoms with Gasteiger partial charge in [0.2, 0.25) is 5.91 Å². The van der Waals surface area contributed by atoms with Gasteiger partial charge < -0.3 is 15.4 Å². The van der Waals surface area contributed by atoms with Gasteiger partial charge in [-0.25, -0.2) is 0 Å². The van der Waals surface area contributed by atoms with Gasteiger partial charge in [-0.2, -0.15) is 0 Å². The second-order valence-corrected chi connectivity index (χ2v) is 4.83. The number of carbonyl (C=O) groups excluding carboxylic acids is 1. The lowest BCUT2D eigenvalue weighted by atomic mass is 10.2. The molecule has 7 nitrogen and oxygen atoms in total. The summed E-state index contributed by atoms with van der Waals surface area (Å²) in [4.78, 5) is 21.8. The van der Waals surface area contributed by atoms with Crippen molar-refractivity contribution in [3.8, 4) is 0 Å². The Hall–Kier alpha value is -1.70. The average molecular weight is 316 g/mol. The van der Waals surface area contributed by atoms with Crippen molar-refractivity contribution in [3.05, 3.63) is 38.9 Å². The maximum atomic E-state index is 11.7.